The molecule has 0 saturated carbocycles. The zero-order chi connectivity index (χ0) is 23.7. The highest BCUT2D eigenvalue weighted by atomic mass is 32.1. The first kappa shape index (κ1) is 22.2. The summed E-state index contributed by atoms with van der Waals surface area (Å²) in [6.45, 7) is 3.71. The molecule has 1 aliphatic rings. The monoisotopic (exact) mass is 472 g/mol. The van der Waals surface area contributed by atoms with Crippen LogP contribution in [0, 0.1) is 17.0 Å². The summed E-state index contributed by atoms with van der Waals surface area (Å²) in [5.41, 5.74) is 3.59. The molecule has 4 aromatic rings. The number of aromatic nitrogens is 2. The number of aryl methyl sites for hydroxylation is 1. The fourth-order valence-corrected chi connectivity index (χ4v) is 5.50. The molecular formula is C26H24N4O3S. The summed E-state index contributed by atoms with van der Waals surface area (Å²) < 4.78 is 1.81. The smallest absolute Gasteiger partial charge is 0.293 e. The quantitative estimate of drug-likeness (QED) is 0.300. The number of nitrogens with zero attached hydrogens (tertiary/aromatic N) is 4. The molecule has 34 heavy (non-hydrogen) atoms. The second-order valence-electron chi connectivity index (χ2n) is 8.44. The Morgan fingerprint density at radius 1 is 1.03 bits per heavy atom. The number of benzene rings is 2. The van der Waals surface area contributed by atoms with E-state index in [2.05, 4.69) is 4.90 Å². The number of hydrogen-bond acceptors (Lipinski definition) is 6. The van der Waals surface area contributed by atoms with Crippen LogP contribution in [0.3, 0.4) is 0 Å². The predicted molar refractivity (Wildman–Crippen MR) is 132 cm³/mol. The molecule has 0 saturated heterocycles. The van der Waals surface area contributed by atoms with Crippen LogP contribution in [0.25, 0.3) is 0 Å². The Morgan fingerprint density at radius 3 is 2.26 bits per heavy atom. The van der Waals surface area contributed by atoms with Gasteiger partial charge in [0.15, 0.2) is 0 Å². The van der Waals surface area contributed by atoms with Crippen molar-refractivity contribution in [2.24, 2.45) is 0 Å². The molecule has 2 aromatic carbocycles. The highest BCUT2D eigenvalue weighted by Gasteiger charge is 2.27. The highest BCUT2D eigenvalue weighted by molar-refractivity contribution is 7.15. The van der Waals surface area contributed by atoms with E-state index in [1.165, 1.54) is 11.3 Å². The molecule has 3 heterocycles. The van der Waals surface area contributed by atoms with Crippen molar-refractivity contribution < 1.29 is 4.92 Å². The Kier molecular flexibility index (Phi) is 6.08. The third kappa shape index (κ3) is 4.30. The van der Waals surface area contributed by atoms with E-state index in [1.807, 2.05) is 72.2 Å². The highest BCUT2D eigenvalue weighted by Crippen LogP contribution is 2.29. The van der Waals surface area contributed by atoms with Crippen molar-refractivity contribution in [3.8, 4) is 0 Å². The van der Waals surface area contributed by atoms with E-state index in [9.17, 15) is 14.9 Å². The van der Waals surface area contributed by atoms with Crippen LogP contribution in [0.5, 0.6) is 0 Å². The second-order valence-corrected chi connectivity index (χ2v) is 9.59. The Bertz CT molecular complexity index is 1340. The SMILES string of the molecule is Cc1nc2c(c(=O)n1C(c1ccccc1)c1ccccc1)CN(Cc1ccc([N+](=O)[O-])s1)CC2. The molecular weight excluding hydrogens is 448 g/mol. The van der Waals surface area contributed by atoms with Gasteiger partial charge in [0.05, 0.1) is 22.2 Å². The lowest BCUT2D eigenvalue weighted by Gasteiger charge is -2.30. The normalized spacial score (nSPS) is 13.7. The molecule has 0 atom stereocenters. The minimum absolute atomic E-state index is 0.0259. The van der Waals surface area contributed by atoms with Crippen LogP contribution in [0.1, 0.15) is 39.1 Å². The van der Waals surface area contributed by atoms with Crippen molar-refractivity contribution in [3.05, 3.63) is 126 Å². The summed E-state index contributed by atoms with van der Waals surface area (Å²) in [4.78, 5) is 32.5. The zero-order valence-corrected chi connectivity index (χ0v) is 19.6. The van der Waals surface area contributed by atoms with Crippen molar-refractivity contribution in [1.29, 1.82) is 0 Å². The van der Waals surface area contributed by atoms with Crippen LogP contribution in [-0.4, -0.2) is 25.9 Å². The van der Waals surface area contributed by atoms with Crippen LogP contribution < -0.4 is 5.56 Å². The predicted octanol–water partition coefficient (Wildman–Crippen LogP) is 4.72. The number of fused-ring (bicyclic) bond motifs is 1. The Hall–Kier alpha value is -3.62. The minimum atomic E-state index is -0.363. The maximum absolute atomic E-state index is 13.9. The van der Waals surface area contributed by atoms with Gasteiger partial charge in [-0.2, -0.15) is 0 Å². The third-order valence-corrected chi connectivity index (χ3v) is 7.23. The van der Waals surface area contributed by atoms with Crippen molar-refractivity contribution in [1.82, 2.24) is 14.5 Å². The average Bonchev–Trinajstić information content (AvgIpc) is 3.32. The van der Waals surface area contributed by atoms with E-state index in [0.29, 0.717) is 30.9 Å². The van der Waals surface area contributed by atoms with Crippen LogP contribution in [-0.2, 0) is 19.5 Å². The topological polar surface area (TPSA) is 81.3 Å². The summed E-state index contributed by atoms with van der Waals surface area (Å²) in [5, 5.41) is 11.2. The summed E-state index contributed by atoms with van der Waals surface area (Å²) in [6, 6.07) is 23.1. The zero-order valence-electron chi connectivity index (χ0n) is 18.8. The average molecular weight is 473 g/mol. The van der Waals surface area contributed by atoms with Gasteiger partial charge >= 0.3 is 5.00 Å². The second kappa shape index (κ2) is 9.32. The Morgan fingerprint density at radius 2 is 1.68 bits per heavy atom. The van der Waals surface area contributed by atoms with Crippen molar-refractivity contribution >= 4 is 16.3 Å². The van der Waals surface area contributed by atoms with Gasteiger partial charge < -0.3 is 0 Å². The molecule has 0 aliphatic carbocycles. The number of rotatable bonds is 6. The number of thiophene rings is 1. The molecule has 0 spiro atoms. The lowest BCUT2D eigenvalue weighted by Crippen LogP contribution is -2.40. The van der Waals surface area contributed by atoms with Gasteiger partial charge in [-0.25, -0.2) is 4.98 Å². The maximum Gasteiger partial charge on any atom is 0.324 e. The van der Waals surface area contributed by atoms with E-state index in [4.69, 9.17) is 4.98 Å². The van der Waals surface area contributed by atoms with E-state index < -0.39 is 0 Å². The molecule has 0 radical (unpaired) electrons. The molecule has 0 N–H and O–H groups in total. The summed E-state index contributed by atoms with van der Waals surface area (Å²) in [7, 11) is 0. The molecule has 1 aliphatic heterocycles. The first-order chi connectivity index (χ1) is 16.5. The summed E-state index contributed by atoms with van der Waals surface area (Å²) in [5.74, 6) is 0.698. The van der Waals surface area contributed by atoms with Gasteiger partial charge in [0.1, 0.15) is 5.82 Å². The molecule has 0 bridgehead atoms. The fraction of sp³-hybridized carbons (Fsp3) is 0.231. The lowest BCUT2D eigenvalue weighted by atomic mass is 9.97. The van der Waals surface area contributed by atoms with Gasteiger partial charge in [0.25, 0.3) is 5.56 Å². The number of hydrogen-bond donors (Lipinski definition) is 0. The van der Waals surface area contributed by atoms with Crippen LogP contribution in [0.15, 0.2) is 77.6 Å². The molecule has 0 fully saturated rings. The first-order valence-electron chi connectivity index (χ1n) is 11.2. The summed E-state index contributed by atoms with van der Waals surface area (Å²) in [6.07, 6.45) is 0.682. The van der Waals surface area contributed by atoms with Gasteiger partial charge in [-0.1, -0.05) is 72.0 Å². The van der Waals surface area contributed by atoms with Crippen LogP contribution in [0.4, 0.5) is 5.00 Å². The van der Waals surface area contributed by atoms with Crippen molar-refractivity contribution in [2.75, 3.05) is 6.54 Å². The van der Waals surface area contributed by atoms with Crippen molar-refractivity contribution in [2.45, 2.75) is 32.5 Å². The molecule has 0 amide bonds. The fourth-order valence-electron chi connectivity index (χ4n) is 4.64. The standard InChI is InChI=1S/C26H24N4O3S/c1-18-27-23-14-15-28(16-21-12-13-24(34-21)30(32)33)17-22(23)26(31)29(18)25(19-8-4-2-5-9-19)20-10-6-3-7-11-20/h2-13,25H,14-17H2,1H3. The summed E-state index contributed by atoms with van der Waals surface area (Å²) >= 11 is 1.19. The van der Waals surface area contributed by atoms with E-state index in [1.54, 1.807) is 12.1 Å². The van der Waals surface area contributed by atoms with Crippen molar-refractivity contribution in [3.63, 3.8) is 0 Å². The van der Waals surface area contributed by atoms with Gasteiger partial charge in [-0.3, -0.25) is 24.4 Å². The molecule has 5 rings (SSSR count). The van der Waals surface area contributed by atoms with Crippen LogP contribution in [0.2, 0.25) is 0 Å². The van der Waals surface area contributed by atoms with Gasteiger partial charge in [-0.15, -0.1) is 0 Å². The lowest BCUT2D eigenvalue weighted by molar-refractivity contribution is -0.380. The van der Waals surface area contributed by atoms with Gasteiger partial charge in [-0.05, 0) is 24.1 Å². The van der Waals surface area contributed by atoms with E-state index in [-0.39, 0.29) is 21.5 Å². The van der Waals surface area contributed by atoms with Crippen LogP contribution >= 0.6 is 11.3 Å². The molecule has 7 nitrogen and oxygen atoms in total. The largest absolute Gasteiger partial charge is 0.324 e. The van der Waals surface area contributed by atoms with E-state index in [0.717, 1.165) is 28.2 Å². The molecule has 8 heteroatoms. The molecule has 172 valence electrons. The number of nitro groups is 1. The third-order valence-electron chi connectivity index (χ3n) is 6.21. The van der Waals surface area contributed by atoms with Gasteiger partial charge in [0.2, 0.25) is 0 Å². The molecule has 2 aromatic heterocycles. The Labute approximate surface area is 201 Å². The Balaban J connectivity index is 1.53. The maximum atomic E-state index is 13.9. The minimum Gasteiger partial charge on any atom is -0.293 e. The first-order valence-corrected chi connectivity index (χ1v) is 12.0. The van der Waals surface area contributed by atoms with E-state index >= 15 is 0 Å². The molecule has 0 unspecified atom stereocenters. The van der Waals surface area contributed by atoms with Gasteiger partial charge in [0, 0.05) is 37.0 Å².